The van der Waals surface area contributed by atoms with Crippen LogP contribution in [0.2, 0.25) is 0 Å². The second-order valence-electron chi connectivity index (χ2n) is 8.62. The molecule has 204 valence electrons. The lowest BCUT2D eigenvalue weighted by molar-refractivity contribution is -0.193. The highest BCUT2D eigenvalue weighted by Crippen LogP contribution is 2.34. The van der Waals surface area contributed by atoms with Crippen molar-refractivity contribution in [3.8, 4) is 0 Å². The van der Waals surface area contributed by atoms with E-state index in [1.54, 1.807) is 0 Å². The number of alkyl halides is 6. The first kappa shape index (κ1) is 29.5. The molecular formula is C21H28F6N4O5. The summed E-state index contributed by atoms with van der Waals surface area (Å²) in [4.78, 5) is 32.0. The Labute approximate surface area is 203 Å². The Hall–Kier alpha value is -2.68. The minimum absolute atomic E-state index is 0.613. The van der Waals surface area contributed by atoms with Crippen LogP contribution in [-0.4, -0.2) is 94.3 Å². The SMILES string of the molecule is Cc1cnc(N2CC[C@H]3[C@H]2CCN3CC2CCOCC2)nc1.O=C(O)C(F)(F)F.O=C(O)C(F)(F)F. The summed E-state index contributed by atoms with van der Waals surface area (Å²) in [5.74, 6) is -3.76. The van der Waals surface area contributed by atoms with Crippen LogP contribution in [0.4, 0.5) is 32.3 Å². The predicted molar refractivity (Wildman–Crippen MR) is 113 cm³/mol. The number of fused-ring (bicyclic) bond motifs is 1. The molecule has 1 aromatic rings. The number of ether oxygens (including phenoxy) is 1. The van der Waals surface area contributed by atoms with Gasteiger partial charge in [0.2, 0.25) is 5.95 Å². The fourth-order valence-corrected chi connectivity index (χ4v) is 4.35. The van der Waals surface area contributed by atoms with Crippen LogP contribution in [0.15, 0.2) is 12.4 Å². The van der Waals surface area contributed by atoms with Crippen molar-refractivity contribution < 1.29 is 50.9 Å². The van der Waals surface area contributed by atoms with Gasteiger partial charge in [0.05, 0.1) is 0 Å². The molecule has 36 heavy (non-hydrogen) atoms. The van der Waals surface area contributed by atoms with E-state index in [1.165, 1.54) is 38.8 Å². The second-order valence-corrected chi connectivity index (χ2v) is 8.62. The molecule has 0 spiro atoms. The Balaban J connectivity index is 0.000000271. The molecule has 2 N–H and O–H groups in total. The van der Waals surface area contributed by atoms with E-state index in [2.05, 4.69) is 19.8 Å². The molecule has 0 saturated carbocycles. The molecule has 2 atom stereocenters. The van der Waals surface area contributed by atoms with Crippen molar-refractivity contribution in [3.05, 3.63) is 18.0 Å². The number of carboxylic acid groups (broad SMARTS) is 2. The third-order valence-electron chi connectivity index (χ3n) is 6.03. The molecule has 4 heterocycles. The molecule has 3 aliphatic heterocycles. The lowest BCUT2D eigenvalue weighted by Gasteiger charge is -2.30. The van der Waals surface area contributed by atoms with Crippen molar-refractivity contribution in [3.63, 3.8) is 0 Å². The van der Waals surface area contributed by atoms with Crippen LogP contribution < -0.4 is 4.90 Å². The van der Waals surface area contributed by atoms with Gasteiger partial charge in [-0.25, -0.2) is 19.6 Å². The number of carboxylic acids is 2. The number of likely N-dealkylation sites (tertiary alicyclic amines) is 1. The van der Waals surface area contributed by atoms with Gasteiger partial charge in [0.25, 0.3) is 0 Å². The van der Waals surface area contributed by atoms with E-state index >= 15 is 0 Å². The molecule has 0 bridgehead atoms. The smallest absolute Gasteiger partial charge is 0.475 e. The first-order chi connectivity index (χ1) is 16.7. The van der Waals surface area contributed by atoms with Crippen LogP contribution in [0.5, 0.6) is 0 Å². The summed E-state index contributed by atoms with van der Waals surface area (Å²) in [6.07, 6.45) is -1.32. The van der Waals surface area contributed by atoms with Crippen molar-refractivity contribution in [2.75, 3.05) is 37.7 Å². The number of hydrogen-bond acceptors (Lipinski definition) is 7. The minimum Gasteiger partial charge on any atom is -0.475 e. The van der Waals surface area contributed by atoms with Gasteiger partial charge < -0.3 is 19.8 Å². The van der Waals surface area contributed by atoms with Crippen molar-refractivity contribution in [2.45, 2.75) is 57.0 Å². The molecule has 3 fully saturated rings. The van der Waals surface area contributed by atoms with E-state index < -0.39 is 24.3 Å². The first-order valence-corrected chi connectivity index (χ1v) is 11.2. The summed E-state index contributed by atoms with van der Waals surface area (Å²) in [5.41, 5.74) is 1.13. The van der Waals surface area contributed by atoms with Gasteiger partial charge in [-0.1, -0.05) is 0 Å². The molecule has 0 unspecified atom stereocenters. The van der Waals surface area contributed by atoms with Gasteiger partial charge in [-0.3, -0.25) is 4.90 Å². The fraction of sp³-hybridized carbons (Fsp3) is 0.714. The van der Waals surface area contributed by atoms with E-state index in [4.69, 9.17) is 24.5 Å². The molecule has 4 rings (SSSR count). The van der Waals surface area contributed by atoms with Crippen molar-refractivity contribution in [1.29, 1.82) is 0 Å². The maximum absolute atomic E-state index is 10.6. The summed E-state index contributed by atoms with van der Waals surface area (Å²) >= 11 is 0. The van der Waals surface area contributed by atoms with Crippen LogP contribution in [0.1, 0.15) is 31.2 Å². The quantitative estimate of drug-likeness (QED) is 0.569. The average Bonchev–Trinajstić information content (AvgIpc) is 3.38. The summed E-state index contributed by atoms with van der Waals surface area (Å²) in [6.45, 7) is 7.54. The summed E-state index contributed by atoms with van der Waals surface area (Å²) in [5, 5.41) is 14.2. The number of halogens is 6. The van der Waals surface area contributed by atoms with Crippen LogP contribution in [-0.2, 0) is 14.3 Å². The number of nitrogens with zero attached hydrogens (tertiary/aromatic N) is 4. The summed E-state index contributed by atoms with van der Waals surface area (Å²) in [7, 11) is 0. The third-order valence-corrected chi connectivity index (χ3v) is 6.03. The van der Waals surface area contributed by atoms with Gasteiger partial charge in [-0.2, -0.15) is 26.3 Å². The third kappa shape index (κ3) is 8.76. The summed E-state index contributed by atoms with van der Waals surface area (Å²) < 4.78 is 69.0. The number of aliphatic carboxylic acids is 2. The Morgan fingerprint density at radius 1 is 0.917 bits per heavy atom. The molecule has 3 aliphatic rings. The molecule has 0 radical (unpaired) electrons. The molecule has 0 amide bonds. The van der Waals surface area contributed by atoms with Crippen LogP contribution in [0.3, 0.4) is 0 Å². The zero-order valence-electron chi connectivity index (χ0n) is 19.4. The number of aromatic nitrogens is 2. The van der Waals surface area contributed by atoms with Gasteiger partial charge in [0.15, 0.2) is 0 Å². The highest BCUT2D eigenvalue weighted by Gasteiger charge is 2.44. The molecule has 15 heteroatoms. The maximum Gasteiger partial charge on any atom is 0.490 e. The Morgan fingerprint density at radius 3 is 1.86 bits per heavy atom. The van der Waals surface area contributed by atoms with Crippen LogP contribution >= 0.6 is 0 Å². The van der Waals surface area contributed by atoms with Gasteiger partial charge >= 0.3 is 24.3 Å². The highest BCUT2D eigenvalue weighted by atomic mass is 19.4. The van der Waals surface area contributed by atoms with Crippen LogP contribution in [0, 0.1) is 12.8 Å². The topological polar surface area (TPSA) is 116 Å². The van der Waals surface area contributed by atoms with E-state index in [0.29, 0.717) is 12.1 Å². The minimum atomic E-state index is -5.08. The molecule has 0 aromatic carbocycles. The lowest BCUT2D eigenvalue weighted by atomic mass is 9.99. The van der Waals surface area contributed by atoms with Crippen molar-refractivity contribution in [2.24, 2.45) is 5.92 Å². The largest absolute Gasteiger partial charge is 0.490 e. The van der Waals surface area contributed by atoms with Gasteiger partial charge in [0.1, 0.15) is 0 Å². The number of rotatable bonds is 3. The van der Waals surface area contributed by atoms with Crippen LogP contribution in [0.25, 0.3) is 0 Å². The number of carbonyl (C=O) groups is 2. The average molecular weight is 530 g/mol. The Bertz CT molecular complexity index is 838. The van der Waals surface area contributed by atoms with Crippen molar-refractivity contribution >= 4 is 17.9 Å². The van der Waals surface area contributed by atoms with Gasteiger partial charge in [0, 0.05) is 57.3 Å². The number of anilines is 1. The zero-order chi connectivity index (χ0) is 27.1. The molecule has 3 saturated heterocycles. The highest BCUT2D eigenvalue weighted by molar-refractivity contribution is 5.73. The molecular weight excluding hydrogens is 502 g/mol. The normalized spacial score (nSPS) is 22.7. The van der Waals surface area contributed by atoms with E-state index in [0.717, 1.165) is 37.2 Å². The van der Waals surface area contributed by atoms with Gasteiger partial charge in [-0.05, 0) is 44.1 Å². The van der Waals surface area contributed by atoms with Crippen molar-refractivity contribution in [1.82, 2.24) is 14.9 Å². The number of aryl methyl sites for hydroxylation is 1. The molecule has 0 aliphatic carbocycles. The molecule has 9 nitrogen and oxygen atoms in total. The van der Waals surface area contributed by atoms with E-state index in [-0.39, 0.29) is 0 Å². The van der Waals surface area contributed by atoms with Gasteiger partial charge in [-0.15, -0.1) is 0 Å². The Kier molecular flexibility index (Phi) is 10.3. The maximum atomic E-state index is 10.6. The monoisotopic (exact) mass is 530 g/mol. The predicted octanol–water partition coefficient (Wildman–Crippen LogP) is 3.13. The van der Waals surface area contributed by atoms with E-state index in [1.807, 2.05) is 19.3 Å². The second kappa shape index (κ2) is 12.5. The zero-order valence-corrected chi connectivity index (χ0v) is 19.4. The summed E-state index contributed by atoms with van der Waals surface area (Å²) in [6, 6.07) is 1.32. The number of hydrogen-bond donors (Lipinski definition) is 2. The lowest BCUT2D eigenvalue weighted by Crippen LogP contribution is -2.40. The standard InChI is InChI=1S/C17H26N4O.2C2HF3O2/c1-13-10-18-17(19-11-13)21-7-3-15-16(21)2-6-20(15)12-14-4-8-22-9-5-14;2*3-2(4,5)1(6)7/h10-11,14-16H,2-9,12H2,1H3;2*(H,6,7)/t15-,16+;;/m0../s1. The van der Waals surface area contributed by atoms with E-state index in [9.17, 15) is 26.3 Å². The Morgan fingerprint density at radius 2 is 1.39 bits per heavy atom. The fourth-order valence-electron chi connectivity index (χ4n) is 4.35. The first-order valence-electron chi connectivity index (χ1n) is 11.2. The molecule has 1 aromatic heterocycles.